The van der Waals surface area contributed by atoms with Crippen molar-refractivity contribution in [1.82, 2.24) is 0 Å². The van der Waals surface area contributed by atoms with E-state index in [0.717, 1.165) is 9.58 Å². The van der Waals surface area contributed by atoms with Gasteiger partial charge in [-0.25, -0.2) is 0 Å². The van der Waals surface area contributed by atoms with Crippen molar-refractivity contribution >= 4 is 50.4 Å². The minimum Gasteiger partial charge on any atom is -0.0698 e. The fourth-order valence-electron chi connectivity index (χ4n) is 3.63. The molecule has 0 unspecified atom stereocenters. The van der Waals surface area contributed by atoms with E-state index in [1.165, 1.54) is 18.1 Å². The van der Waals surface area contributed by atoms with E-state index in [0.29, 0.717) is 0 Å². The molecule has 0 spiro atoms. The van der Waals surface area contributed by atoms with Gasteiger partial charge in [-0.2, -0.15) is 0 Å². The third-order valence-electron chi connectivity index (χ3n) is 3.84. The summed E-state index contributed by atoms with van der Waals surface area (Å²) in [4.78, 5) is 2.26. The van der Waals surface area contributed by atoms with Gasteiger partial charge in [0.1, 0.15) is 0 Å². The van der Waals surface area contributed by atoms with Gasteiger partial charge in [0.25, 0.3) is 0 Å². The second-order valence-corrected chi connectivity index (χ2v) is 38.8. The van der Waals surface area contributed by atoms with Gasteiger partial charge >= 0.3 is 0 Å². The van der Waals surface area contributed by atoms with Gasteiger partial charge in [0.2, 0.25) is 0 Å². The lowest BCUT2D eigenvalue weighted by molar-refractivity contribution is 1.41. The number of rotatable bonds is 7. The first-order valence-corrected chi connectivity index (χ1v) is 25.4. The summed E-state index contributed by atoms with van der Waals surface area (Å²) >= 11 is 0. The van der Waals surface area contributed by atoms with Crippen LogP contribution in [0.3, 0.4) is 0 Å². The Kier molecular flexibility index (Phi) is 7.26. The number of hydrogen-bond acceptors (Lipinski definition) is 0. The van der Waals surface area contributed by atoms with E-state index in [-0.39, 0.29) is 0 Å². The van der Waals surface area contributed by atoms with Gasteiger partial charge < -0.3 is 0 Å². The Hall–Kier alpha value is 1.30. The van der Waals surface area contributed by atoms with Gasteiger partial charge in [0.05, 0.1) is 0 Å². The summed E-state index contributed by atoms with van der Waals surface area (Å²) < 4.78 is 0. The quantitative estimate of drug-likeness (QED) is 0.523. The van der Waals surface area contributed by atoms with E-state index in [4.69, 9.17) is 0 Å². The lowest BCUT2D eigenvalue weighted by Crippen LogP contribution is -2.53. The molecule has 0 atom stereocenters. The Bertz CT molecular complexity index is 240. The standard InChI is InChI=1S/C14H38Si6/c1-17(2,3)13(18(4,5)6)15-16-14(19(7,8)9)20(10,11)12/h13-14H,1-12H3. The maximum Gasteiger partial charge on any atom is 0.0414 e. The van der Waals surface area contributed by atoms with Crippen LogP contribution in [0.15, 0.2) is 0 Å². The molecule has 0 saturated heterocycles. The third kappa shape index (κ3) is 7.04. The molecule has 0 saturated carbocycles. The van der Waals surface area contributed by atoms with E-state index in [1.807, 2.05) is 0 Å². The van der Waals surface area contributed by atoms with Crippen LogP contribution in [-0.4, -0.2) is 50.4 Å². The molecule has 0 nitrogen and oxygen atoms in total. The SMILES string of the molecule is C[Si](C)(C)C([Si][Si]C([Si](C)(C)C)[Si](C)(C)C)[Si](C)(C)C. The zero-order valence-corrected chi connectivity index (χ0v) is 22.2. The van der Waals surface area contributed by atoms with Crippen LogP contribution < -0.4 is 0 Å². The summed E-state index contributed by atoms with van der Waals surface area (Å²) in [5.41, 5.74) is 0. The molecule has 0 bridgehead atoms. The summed E-state index contributed by atoms with van der Waals surface area (Å²) in [7, 11) is -1.43. The van der Waals surface area contributed by atoms with E-state index in [9.17, 15) is 0 Å². The van der Waals surface area contributed by atoms with E-state index in [1.54, 1.807) is 0 Å². The number of hydrogen-bond donors (Lipinski definition) is 0. The van der Waals surface area contributed by atoms with Crippen molar-refractivity contribution in [1.29, 1.82) is 0 Å². The molecule has 4 radical (unpaired) electrons. The van der Waals surface area contributed by atoms with Crippen molar-refractivity contribution in [2.45, 2.75) is 88.1 Å². The van der Waals surface area contributed by atoms with Crippen LogP contribution in [0.4, 0.5) is 0 Å². The average Bonchev–Trinajstić information content (AvgIpc) is 2.02. The van der Waals surface area contributed by atoms with Gasteiger partial charge in [-0.15, -0.1) is 0 Å². The van der Waals surface area contributed by atoms with Gasteiger partial charge in [-0.3, -0.25) is 0 Å². The predicted octanol–water partition coefficient (Wildman–Crippen LogP) is 5.40. The molecule has 0 heterocycles. The molecule has 0 rings (SSSR count). The molecule has 0 aliphatic carbocycles. The first-order chi connectivity index (χ1) is 8.47. The Morgan fingerprint density at radius 2 is 0.550 bits per heavy atom. The minimum atomic E-state index is -0.995. The molecule has 0 aliphatic heterocycles. The van der Waals surface area contributed by atoms with Crippen LogP contribution >= 0.6 is 0 Å². The van der Waals surface area contributed by atoms with Crippen LogP contribution in [0.1, 0.15) is 0 Å². The van der Waals surface area contributed by atoms with Crippen molar-refractivity contribution in [2.75, 3.05) is 0 Å². The molecule has 0 N–H and O–H groups in total. The molecule has 6 heteroatoms. The molecule has 20 heavy (non-hydrogen) atoms. The topological polar surface area (TPSA) is 0 Å². The highest BCUT2D eigenvalue weighted by Crippen LogP contribution is 2.35. The van der Waals surface area contributed by atoms with Crippen LogP contribution in [0, 0.1) is 0 Å². The second-order valence-electron chi connectivity index (χ2n) is 10.6. The lowest BCUT2D eigenvalue weighted by atomic mass is 11.7. The molecule has 118 valence electrons. The summed E-state index contributed by atoms with van der Waals surface area (Å²) in [6, 6.07) is 0. The lowest BCUT2D eigenvalue weighted by Gasteiger charge is -2.42. The average molecular weight is 375 g/mol. The van der Waals surface area contributed by atoms with Crippen LogP contribution in [-0.2, 0) is 0 Å². The molecular formula is C14H38Si6. The second kappa shape index (κ2) is 6.82. The smallest absolute Gasteiger partial charge is 0.0414 e. The molecule has 0 aromatic rings. The Morgan fingerprint density at radius 3 is 0.650 bits per heavy atom. The third-order valence-corrected chi connectivity index (χ3v) is 39.7. The van der Waals surface area contributed by atoms with E-state index in [2.05, 4.69) is 78.6 Å². The van der Waals surface area contributed by atoms with E-state index >= 15 is 0 Å². The molecular weight excluding hydrogens is 337 g/mol. The molecule has 0 aromatic heterocycles. The predicted molar refractivity (Wildman–Crippen MR) is 112 cm³/mol. The highest BCUT2D eigenvalue weighted by atomic mass is 29.2. The fraction of sp³-hybridized carbons (Fsp3) is 1.00. The minimum absolute atomic E-state index is 0.995. The first-order valence-electron chi connectivity index (χ1n) is 7.98. The van der Waals surface area contributed by atoms with Crippen molar-refractivity contribution in [3.63, 3.8) is 0 Å². The molecule has 0 aliphatic rings. The highest BCUT2D eigenvalue weighted by Gasteiger charge is 2.42. The first kappa shape index (κ1) is 21.3. The summed E-state index contributed by atoms with van der Waals surface area (Å²) in [5, 5.41) is 0. The van der Waals surface area contributed by atoms with Crippen molar-refractivity contribution in [3.8, 4) is 0 Å². The van der Waals surface area contributed by atoms with Crippen LogP contribution in [0.2, 0.25) is 88.1 Å². The van der Waals surface area contributed by atoms with Gasteiger partial charge in [-0.05, 0) is 0 Å². The highest BCUT2D eigenvalue weighted by molar-refractivity contribution is 7.24. The normalized spacial score (nSPS) is 15.3. The summed E-state index contributed by atoms with van der Waals surface area (Å²) in [6.07, 6.45) is 0. The fourth-order valence-corrected chi connectivity index (χ4v) is 51.3. The molecule has 0 amide bonds. The van der Waals surface area contributed by atoms with E-state index < -0.39 is 32.3 Å². The summed E-state index contributed by atoms with van der Waals surface area (Å²) in [5.74, 6) is 0. The molecule has 0 fully saturated rings. The Morgan fingerprint density at radius 1 is 0.400 bits per heavy atom. The largest absolute Gasteiger partial charge is 0.0698 e. The van der Waals surface area contributed by atoms with Gasteiger partial charge in [0.15, 0.2) is 0 Å². The Labute approximate surface area is 138 Å². The van der Waals surface area contributed by atoms with Crippen molar-refractivity contribution < 1.29 is 0 Å². The van der Waals surface area contributed by atoms with Crippen molar-refractivity contribution in [3.05, 3.63) is 0 Å². The van der Waals surface area contributed by atoms with Gasteiger partial charge in [0, 0.05) is 50.4 Å². The van der Waals surface area contributed by atoms with Gasteiger partial charge in [-0.1, -0.05) is 88.1 Å². The molecule has 0 aromatic carbocycles. The maximum atomic E-state index is 2.62. The van der Waals surface area contributed by atoms with Crippen molar-refractivity contribution in [2.24, 2.45) is 0 Å². The summed E-state index contributed by atoms with van der Waals surface area (Å²) in [6.45, 7) is 31.4. The maximum absolute atomic E-state index is 2.62. The Balaban J connectivity index is 5.10. The van der Waals surface area contributed by atoms with Crippen LogP contribution in [0.5, 0.6) is 0 Å². The zero-order chi connectivity index (χ0) is 16.6. The zero-order valence-electron chi connectivity index (χ0n) is 16.2. The van der Waals surface area contributed by atoms with Crippen LogP contribution in [0.25, 0.3) is 0 Å². The monoisotopic (exact) mass is 374 g/mol.